The van der Waals surface area contributed by atoms with Gasteiger partial charge in [0.2, 0.25) is 0 Å². The second-order valence-corrected chi connectivity index (χ2v) is 5.11. The lowest BCUT2D eigenvalue weighted by Gasteiger charge is -2.24. The number of carboxylic acid groups (broad SMARTS) is 3. The van der Waals surface area contributed by atoms with Crippen LogP contribution < -0.4 is 0 Å². The van der Waals surface area contributed by atoms with Crippen molar-refractivity contribution in [2.75, 3.05) is 13.1 Å². The van der Waals surface area contributed by atoms with E-state index in [1.165, 1.54) is 0 Å². The van der Waals surface area contributed by atoms with Gasteiger partial charge >= 0.3 is 17.9 Å². The average Bonchev–Trinajstić information content (AvgIpc) is 2.37. The Morgan fingerprint density at radius 2 is 1.45 bits per heavy atom. The largest absolute Gasteiger partial charge is 0.481 e. The number of carboxylic acids is 3. The highest BCUT2D eigenvalue weighted by Gasteiger charge is 2.21. The summed E-state index contributed by atoms with van der Waals surface area (Å²) in [5, 5.41) is 26.7. The molecule has 1 aromatic rings. The molecule has 0 saturated carbocycles. The normalized spacial score (nSPS) is 10.8. The van der Waals surface area contributed by atoms with Crippen molar-refractivity contribution in [2.24, 2.45) is 5.92 Å². The van der Waals surface area contributed by atoms with E-state index in [1.807, 2.05) is 30.3 Å². The summed E-state index contributed by atoms with van der Waals surface area (Å²) < 4.78 is 0. The van der Waals surface area contributed by atoms with Crippen LogP contribution in [0.2, 0.25) is 0 Å². The minimum atomic E-state index is -1.10. The van der Waals surface area contributed by atoms with Gasteiger partial charge in [0.1, 0.15) is 0 Å². The van der Waals surface area contributed by atoms with Gasteiger partial charge in [0.25, 0.3) is 0 Å². The van der Waals surface area contributed by atoms with Crippen LogP contribution in [0, 0.1) is 5.92 Å². The lowest BCUT2D eigenvalue weighted by atomic mass is 10.0. The first-order valence-corrected chi connectivity index (χ1v) is 6.78. The zero-order chi connectivity index (χ0) is 16.5. The molecule has 7 heteroatoms. The average molecular weight is 309 g/mol. The van der Waals surface area contributed by atoms with Gasteiger partial charge in [-0.15, -0.1) is 0 Å². The SMILES string of the molecule is O=C(O)CC(CC(=O)O)CN(CC(=O)O)Cc1ccccc1. The highest BCUT2D eigenvalue weighted by Crippen LogP contribution is 2.14. The summed E-state index contributed by atoms with van der Waals surface area (Å²) in [4.78, 5) is 34.2. The van der Waals surface area contributed by atoms with Crippen LogP contribution in [-0.4, -0.2) is 51.2 Å². The van der Waals surface area contributed by atoms with Crippen LogP contribution >= 0.6 is 0 Å². The molecule has 22 heavy (non-hydrogen) atoms. The standard InChI is InChI=1S/C15H19NO6/c17-13(18)6-12(7-14(19)20)9-16(10-15(21)22)8-11-4-2-1-3-5-11/h1-5,12H,6-10H2,(H,17,18)(H,19,20)(H,21,22). The van der Waals surface area contributed by atoms with Gasteiger partial charge in [-0.05, 0) is 11.5 Å². The molecule has 0 amide bonds. The van der Waals surface area contributed by atoms with E-state index in [9.17, 15) is 14.4 Å². The maximum Gasteiger partial charge on any atom is 0.317 e. The third-order valence-corrected chi connectivity index (χ3v) is 3.05. The first kappa shape index (κ1) is 17.6. The topological polar surface area (TPSA) is 115 Å². The Bertz CT molecular complexity index is 500. The Labute approximate surface area is 127 Å². The zero-order valence-corrected chi connectivity index (χ0v) is 12.0. The summed E-state index contributed by atoms with van der Waals surface area (Å²) in [6.45, 7) is 0.146. The third kappa shape index (κ3) is 7.39. The molecular weight excluding hydrogens is 290 g/mol. The number of aliphatic carboxylic acids is 3. The monoisotopic (exact) mass is 309 g/mol. The van der Waals surface area contributed by atoms with Crippen molar-refractivity contribution in [3.05, 3.63) is 35.9 Å². The number of benzene rings is 1. The predicted octanol–water partition coefficient (Wildman–Crippen LogP) is 1.14. The van der Waals surface area contributed by atoms with E-state index in [-0.39, 0.29) is 25.9 Å². The second kappa shape index (κ2) is 8.78. The molecule has 0 aliphatic heterocycles. The van der Waals surface area contributed by atoms with Gasteiger partial charge in [0.15, 0.2) is 0 Å². The molecule has 3 N–H and O–H groups in total. The summed E-state index contributed by atoms with van der Waals surface area (Å²) in [7, 11) is 0. The van der Waals surface area contributed by atoms with Crippen LogP contribution in [0.3, 0.4) is 0 Å². The molecule has 0 fully saturated rings. The first-order chi connectivity index (χ1) is 10.4. The van der Waals surface area contributed by atoms with Crippen LogP contribution in [0.15, 0.2) is 30.3 Å². The van der Waals surface area contributed by atoms with Gasteiger partial charge in [0, 0.05) is 25.9 Å². The highest BCUT2D eigenvalue weighted by molar-refractivity contribution is 5.71. The highest BCUT2D eigenvalue weighted by atomic mass is 16.4. The van der Waals surface area contributed by atoms with E-state index >= 15 is 0 Å². The molecular formula is C15H19NO6. The fourth-order valence-corrected chi connectivity index (χ4v) is 2.28. The van der Waals surface area contributed by atoms with E-state index in [0.717, 1.165) is 5.56 Å². The quantitative estimate of drug-likeness (QED) is 0.593. The molecule has 0 bridgehead atoms. The van der Waals surface area contributed by atoms with E-state index in [0.29, 0.717) is 6.54 Å². The van der Waals surface area contributed by atoms with E-state index in [1.54, 1.807) is 4.90 Å². The number of hydrogen-bond donors (Lipinski definition) is 3. The summed E-state index contributed by atoms with van der Waals surface area (Å²) in [6.07, 6.45) is -0.617. The Kier molecular flexibility index (Phi) is 7.04. The van der Waals surface area contributed by atoms with Crippen LogP contribution in [0.5, 0.6) is 0 Å². The summed E-state index contributed by atoms with van der Waals surface area (Å²) in [6, 6.07) is 9.14. The Morgan fingerprint density at radius 1 is 0.909 bits per heavy atom. The van der Waals surface area contributed by atoms with Crippen molar-refractivity contribution in [1.82, 2.24) is 4.90 Å². The smallest absolute Gasteiger partial charge is 0.317 e. The minimum absolute atomic E-state index is 0.0970. The van der Waals surface area contributed by atoms with Crippen molar-refractivity contribution in [3.8, 4) is 0 Å². The molecule has 0 spiro atoms. The van der Waals surface area contributed by atoms with Gasteiger partial charge in [0.05, 0.1) is 6.54 Å². The van der Waals surface area contributed by atoms with E-state index in [2.05, 4.69) is 0 Å². The molecule has 0 atom stereocenters. The fourth-order valence-electron chi connectivity index (χ4n) is 2.28. The van der Waals surface area contributed by atoms with Crippen molar-refractivity contribution in [2.45, 2.75) is 19.4 Å². The molecule has 0 saturated heterocycles. The Hall–Kier alpha value is -2.41. The van der Waals surface area contributed by atoms with Gasteiger partial charge in [-0.25, -0.2) is 0 Å². The fraction of sp³-hybridized carbons (Fsp3) is 0.400. The Balaban J connectivity index is 2.77. The molecule has 1 aromatic carbocycles. The second-order valence-electron chi connectivity index (χ2n) is 5.11. The number of rotatable bonds is 10. The summed E-state index contributed by atoms with van der Waals surface area (Å²) >= 11 is 0. The van der Waals surface area contributed by atoms with Crippen molar-refractivity contribution in [3.63, 3.8) is 0 Å². The van der Waals surface area contributed by atoms with Crippen molar-refractivity contribution < 1.29 is 29.7 Å². The summed E-state index contributed by atoms with van der Waals surface area (Å²) in [5.74, 6) is -3.87. The molecule has 0 aliphatic carbocycles. The minimum Gasteiger partial charge on any atom is -0.481 e. The van der Waals surface area contributed by atoms with Gasteiger partial charge in [-0.3, -0.25) is 19.3 Å². The third-order valence-electron chi connectivity index (χ3n) is 3.05. The van der Waals surface area contributed by atoms with Crippen LogP contribution in [0.4, 0.5) is 0 Å². The number of nitrogens with zero attached hydrogens (tertiary/aromatic N) is 1. The van der Waals surface area contributed by atoms with Gasteiger partial charge < -0.3 is 15.3 Å². The number of hydrogen-bond acceptors (Lipinski definition) is 4. The van der Waals surface area contributed by atoms with Crippen molar-refractivity contribution in [1.29, 1.82) is 0 Å². The molecule has 0 heterocycles. The van der Waals surface area contributed by atoms with Crippen LogP contribution in [0.25, 0.3) is 0 Å². The summed E-state index contributed by atoms with van der Waals surface area (Å²) in [5.41, 5.74) is 0.883. The number of carbonyl (C=O) groups is 3. The molecule has 1 rings (SSSR count). The zero-order valence-electron chi connectivity index (χ0n) is 12.0. The van der Waals surface area contributed by atoms with E-state index < -0.39 is 23.8 Å². The first-order valence-electron chi connectivity index (χ1n) is 6.78. The predicted molar refractivity (Wildman–Crippen MR) is 77.4 cm³/mol. The van der Waals surface area contributed by atoms with Gasteiger partial charge in [-0.1, -0.05) is 30.3 Å². The lowest BCUT2D eigenvalue weighted by molar-refractivity contribution is -0.140. The molecule has 0 radical (unpaired) electrons. The maximum atomic E-state index is 11.0. The molecule has 0 aromatic heterocycles. The molecule has 7 nitrogen and oxygen atoms in total. The Morgan fingerprint density at radius 3 is 1.91 bits per heavy atom. The van der Waals surface area contributed by atoms with Crippen LogP contribution in [0.1, 0.15) is 18.4 Å². The maximum absolute atomic E-state index is 11.0. The van der Waals surface area contributed by atoms with Crippen molar-refractivity contribution >= 4 is 17.9 Å². The van der Waals surface area contributed by atoms with Crippen LogP contribution in [-0.2, 0) is 20.9 Å². The molecule has 120 valence electrons. The van der Waals surface area contributed by atoms with Gasteiger partial charge in [-0.2, -0.15) is 0 Å². The molecule has 0 aliphatic rings. The lowest BCUT2D eigenvalue weighted by Crippen LogP contribution is -2.35. The molecule has 0 unspecified atom stereocenters. The van der Waals surface area contributed by atoms with E-state index in [4.69, 9.17) is 15.3 Å².